The predicted molar refractivity (Wildman–Crippen MR) is 91.4 cm³/mol. The Morgan fingerprint density at radius 2 is 2.09 bits per heavy atom. The van der Waals surface area contributed by atoms with Crippen LogP contribution in [0, 0.1) is 18.3 Å². The second kappa shape index (κ2) is 7.48. The molecule has 0 heterocycles. The number of hydrogen-bond acceptors (Lipinski definition) is 3. The molecule has 23 heavy (non-hydrogen) atoms. The van der Waals surface area contributed by atoms with Gasteiger partial charge in [0, 0.05) is 10.7 Å². The van der Waals surface area contributed by atoms with Crippen molar-refractivity contribution in [3.63, 3.8) is 0 Å². The molecular formula is C18H15ClN2O2. The minimum Gasteiger partial charge on any atom is -0.496 e. The number of nitrogens with one attached hydrogen (secondary N) is 1. The maximum Gasteiger partial charge on any atom is 0.266 e. The van der Waals surface area contributed by atoms with Gasteiger partial charge in [-0.25, -0.2) is 0 Å². The molecule has 0 spiro atoms. The molecular weight excluding hydrogens is 312 g/mol. The molecule has 0 aliphatic rings. The number of ether oxygens (including phenoxy) is 1. The summed E-state index contributed by atoms with van der Waals surface area (Å²) in [4.78, 5) is 12.2. The van der Waals surface area contributed by atoms with Gasteiger partial charge in [0.05, 0.1) is 7.11 Å². The Labute approximate surface area is 140 Å². The molecule has 0 saturated heterocycles. The quantitative estimate of drug-likeness (QED) is 0.676. The van der Waals surface area contributed by atoms with Crippen LogP contribution >= 0.6 is 11.6 Å². The van der Waals surface area contributed by atoms with Crippen molar-refractivity contribution in [3.8, 4) is 11.8 Å². The van der Waals surface area contributed by atoms with E-state index >= 15 is 0 Å². The van der Waals surface area contributed by atoms with Crippen LogP contribution < -0.4 is 10.1 Å². The van der Waals surface area contributed by atoms with E-state index in [1.807, 2.05) is 19.1 Å². The molecule has 0 unspecified atom stereocenters. The normalized spacial score (nSPS) is 10.8. The number of rotatable bonds is 4. The highest BCUT2D eigenvalue weighted by atomic mass is 35.5. The van der Waals surface area contributed by atoms with Crippen molar-refractivity contribution in [2.45, 2.75) is 6.92 Å². The number of nitrogens with zero attached hydrogens (tertiary/aromatic N) is 1. The highest BCUT2D eigenvalue weighted by Gasteiger charge is 2.10. The fourth-order valence-corrected chi connectivity index (χ4v) is 2.26. The van der Waals surface area contributed by atoms with E-state index in [0.717, 1.165) is 16.9 Å². The largest absolute Gasteiger partial charge is 0.496 e. The maximum absolute atomic E-state index is 12.2. The molecule has 0 bridgehead atoms. The lowest BCUT2D eigenvalue weighted by Crippen LogP contribution is -2.13. The molecule has 2 aromatic rings. The zero-order valence-electron chi connectivity index (χ0n) is 12.8. The van der Waals surface area contributed by atoms with Crippen molar-refractivity contribution in [2.75, 3.05) is 12.4 Å². The lowest BCUT2D eigenvalue weighted by Gasteiger charge is -2.06. The smallest absolute Gasteiger partial charge is 0.266 e. The number of anilines is 1. The van der Waals surface area contributed by atoms with Gasteiger partial charge in [0.1, 0.15) is 17.4 Å². The molecule has 0 fully saturated rings. The van der Waals surface area contributed by atoms with Crippen LogP contribution in [0.5, 0.6) is 5.75 Å². The molecule has 5 heteroatoms. The first kappa shape index (κ1) is 16.6. The van der Waals surface area contributed by atoms with E-state index in [0.29, 0.717) is 10.7 Å². The number of nitriles is 1. The van der Waals surface area contributed by atoms with E-state index in [9.17, 15) is 10.1 Å². The van der Waals surface area contributed by atoms with Crippen molar-refractivity contribution in [1.82, 2.24) is 0 Å². The van der Waals surface area contributed by atoms with Gasteiger partial charge in [-0.1, -0.05) is 23.7 Å². The van der Waals surface area contributed by atoms with Crippen LogP contribution in [0.2, 0.25) is 5.02 Å². The molecule has 0 aromatic heterocycles. The molecule has 0 aliphatic heterocycles. The maximum atomic E-state index is 12.2. The number of amides is 1. The van der Waals surface area contributed by atoms with Crippen molar-refractivity contribution >= 4 is 29.3 Å². The van der Waals surface area contributed by atoms with Gasteiger partial charge >= 0.3 is 0 Å². The Morgan fingerprint density at radius 3 is 2.70 bits per heavy atom. The van der Waals surface area contributed by atoms with Crippen LogP contribution in [-0.4, -0.2) is 13.0 Å². The van der Waals surface area contributed by atoms with Crippen LogP contribution in [0.1, 0.15) is 11.1 Å². The summed E-state index contributed by atoms with van der Waals surface area (Å²) >= 11 is 5.87. The van der Waals surface area contributed by atoms with Gasteiger partial charge in [0.15, 0.2) is 0 Å². The number of carbonyl (C=O) groups excluding carboxylic acids is 1. The van der Waals surface area contributed by atoms with Crippen LogP contribution in [0.4, 0.5) is 5.69 Å². The van der Waals surface area contributed by atoms with Gasteiger partial charge in [0.25, 0.3) is 5.91 Å². The summed E-state index contributed by atoms with van der Waals surface area (Å²) < 4.78 is 5.19. The molecule has 1 N–H and O–H groups in total. The topological polar surface area (TPSA) is 62.1 Å². The van der Waals surface area contributed by atoms with Gasteiger partial charge < -0.3 is 10.1 Å². The van der Waals surface area contributed by atoms with E-state index < -0.39 is 5.91 Å². The molecule has 2 aromatic carbocycles. The van der Waals surface area contributed by atoms with Gasteiger partial charge in [-0.2, -0.15) is 5.26 Å². The first-order valence-corrected chi connectivity index (χ1v) is 7.24. The number of methoxy groups -OCH3 is 1. The van der Waals surface area contributed by atoms with E-state index in [4.69, 9.17) is 16.3 Å². The molecule has 0 atom stereocenters. The summed E-state index contributed by atoms with van der Waals surface area (Å²) in [5, 5.41) is 12.4. The fourth-order valence-electron chi connectivity index (χ4n) is 2.07. The van der Waals surface area contributed by atoms with E-state index in [1.54, 1.807) is 43.5 Å². The Kier molecular flexibility index (Phi) is 5.40. The van der Waals surface area contributed by atoms with Crippen molar-refractivity contribution in [2.24, 2.45) is 0 Å². The molecule has 0 aliphatic carbocycles. The predicted octanol–water partition coefficient (Wildman–Crippen LogP) is 4.20. The minimum atomic E-state index is -0.483. The third kappa shape index (κ3) is 4.35. The lowest BCUT2D eigenvalue weighted by atomic mass is 10.1. The third-order valence-electron chi connectivity index (χ3n) is 3.18. The van der Waals surface area contributed by atoms with Crippen molar-refractivity contribution in [1.29, 1.82) is 5.26 Å². The van der Waals surface area contributed by atoms with Gasteiger partial charge in [-0.15, -0.1) is 0 Å². The first-order chi connectivity index (χ1) is 11.0. The number of halogens is 1. The first-order valence-electron chi connectivity index (χ1n) is 6.87. The van der Waals surface area contributed by atoms with E-state index in [1.165, 1.54) is 6.08 Å². The molecule has 4 nitrogen and oxygen atoms in total. The van der Waals surface area contributed by atoms with Gasteiger partial charge in [-0.05, 0) is 54.5 Å². The Bertz CT molecular complexity index is 807. The summed E-state index contributed by atoms with van der Waals surface area (Å²) in [5.41, 5.74) is 2.22. The third-order valence-corrected chi connectivity index (χ3v) is 3.41. The van der Waals surface area contributed by atoms with Crippen LogP contribution in [-0.2, 0) is 4.79 Å². The highest BCUT2D eigenvalue weighted by molar-refractivity contribution is 6.31. The Hall–Kier alpha value is -2.77. The van der Waals surface area contributed by atoms with Gasteiger partial charge in [-0.3, -0.25) is 4.79 Å². The summed E-state index contributed by atoms with van der Waals surface area (Å²) in [5.74, 6) is 0.271. The molecule has 1 amide bonds. The van der Waals surface area contributed by atoms with Crippen molar-refractivity contribution < 1.29 is 9.53 Å². The van der Waals surface area contributed by atoms with Crippen LogP contribution in [0.25, 0.3) is 6.08 Å². The standard InChI is InChI=1S/C18H15ClN2O2/c1-12-8-13(6-7-17(12)23-2)9-14(11-20)18(22)21-16-5-3-4-15(19)10-16/h3-10H,1-2H3,(H,21,22)/b14-9+. The molecule has 0 saturated carbocycles. The molecule has 116 valence electrons. The lowest BCUT2D eigenvalue weighted by molar-refractivity contribution is -0.112. The van der Waals surface area contributed by atoms with Crippen molar-refractivity contribution in [3.05, 3.63) is 64.2 Å². The minimum absolute atomic E-state index is 0.00884. The number of hydrogen-bond donors (Lipinski definition) is 1. The average molecular weight is 327 g/mol. The molecule has 0 radical (unpaired) electrons. The number of benzene rings is 2. The summed E-state index contributed by atoms with van der Waals surface area (Å²) in [7, 11) is 1.59. The fraction of sp³-hybridized carbons (Fsp3) is 0.111. The summed E-state index contributed by atoms with van der Waals surface area (Å²) in [6.45, 7) is 1.90. The van der Waals surface area contributed by atoms with Gasteiger partial charge in [0.2, 0.25) is 0 Å². The Balaban J connectivity index is 2.23. The molecule has 2 rings (SSSR count). The van der Waals surface area contributed by atoms with E-state index in [2.05, 4.69) is 5.32 Å². The summed E-state index contributed by atoms with van der Waals surface area (Å²) in [6, 6.07) is 14.1. The average Bonchev–Trinajstić information content (AvgIpc) is 2.52. The summed E-state index contributed by atoms with van der Waals surface area (Å²) in [6.07, 6.45) is 1.53. The number of carbonyl (C=O) groups is 1. The van der Waals surface area contributed by atoms with E-state index in [-0.39, 0.29) is 5.57 Å². The zero-order valence-corrected chi connectivity index (χ0v) is 13.5. The zero-order chi connectivity index (χ0) is 16.8. The SMILES string of the molecule is COc1ccc(/C=C(\C#N)C(=O)Nc2cccc(Cl)c2)cc1C. The van der Waals surface area contributed by atoms with Crippen LogP contribution in [0.15, 0.2) is 48.0 Å². The highest BCUT2D eigenvalue weighted by Crippen LogP contribution is 2.21. The Morgan fingerprint density at radius 1 is 1.30 bits per heavy atom. The van der Waals surface area contributed by atoms with Crippen LogP contribution in [0.3, 0.4) is 0 Å². The second-order valence-corrected chi connectivity index (χ2v) is 5.30. The second-order valence-electron chi connectivity index (χ2n) is 4.86. The number of aryl methyl sites for hydroxylation is 1. The monoisotopic (exact) mass is 326 g/mol.